The van der Waals surface area contributed by atoms with Gasteiger partial charge in [0.2, 0.25) is 11.8 Å². The molecule has 0 heterocycles. The molecule has 0 aliphatic heterocycles. The molecule has 2 amide bonds. The molecule has 0 aliphatic rings. The second-order valence-electron chi connectivity index (χ2n) is 5.25. The summed E-state index contributed by atoms with van der Waals surface area (Å²) in [6.45, 7) is 0. The van der Waals surface area contributed by atoms with Gasteiger partial charge in [0.15, 0.2) is 0 Å². The minimum absolute atomic E-state index is 0.302. The van der Waals surface area contributed by atoms with Gasteiger partial charge in [0, 0.05) is 11.3 Å². The number of anilines is 1. The number of hydrazone groups is 1. The third-order valence-electron chi connectivity index (χ3n) is 3.35. The van der Waals surface area contributed by atoms with E-state index in [9.17, 15) is 9.59 Å². The number of amides is 2. The number of carbonyl (C=O) groups excluding carboxylic acids is 2. The van der Waals surface area contributed by atoms with E-state index < -0.39 is 18.2 Å². The van der Waals surface area contributed by atoms with E-state index in [1.807, 2.05) is 0 Å². The highest BCUT2D eigenvalue weighted by molar-refractivity contribution is 6.42. The van der Waals surface area contributed by atoms with Gasteiger partial charge in [-0.3, -0.25) is 9.59 Å². The smallest absolute Gasteiger partial charge is 0.249 e. The molecule has 0 unspecified atom stereocenters. The number of rotatable bonds is 7. The third-order valence-corrected chi connectivity index (χ3v) is 4.09. The Labute approximate surface area is 166 Å². The molecule has 0 aromatic heterocycles. The van der Waals surface area contributed by atoms with E-state index in [1.165, 1.54) is 26.5 Å². The van der Waals surface area contributed by atoms with Gasteiger partial charge in [-0.1, -0.05) is 23.2 Å². The van der Waals surface area contributed by atoms with Crippen LogP contribution >= 0.6 is 23.2 Å². The normalized spacial score (nSPS) is 10.5. The van der Waals surface area contributed by atoms with Gasteiger partial charge in [0.25, 0.3) is 0 Å². The number of nitrogens with zero attached hydrogens (tertiary/aromatic N) is 1. The van der Waals surface area contributed by atoms with Crippen molar-refractivity contribution in [3.8, 4) is 11.5 Å². The summed E-state index contributed by atoms with van der Waals surface area (Å²) >= 11 is 11.7. The Kier molecular flexibility index (Phi) is 7.45. The summed E-state index contributed by atoms with van der Waals surface area (Å²) in [6, 6.07) is 9.77. The number of nitrogens with one attached hydrogen (secondary N) is 2. The molecule has 0 bridgehead atoms. The fourth-order valence-electron chi connectivity index (χ4n) is 2.08. The van der Waals surface area contributed by atoms with Gasteiger partial charge in [0.1, 0.15) is 17.9 Å². The zero-order valence-corrected chi connectivity index (χ0v) is 16.1. The summed E-state index contributed by atoms with van der Waals surface area (Å²) in [6.07, 6.45) is 0.989. The predicted molar refractivity (Wildman–Crippen MR) is 105 cm³/mol. The second-order valence-corrected chi connectivity index (χ2v) is 6.07. The van der Waals surface area contributed by atoms with Gasteiger partial charge in [-0.2, -0.15) is 5.10 Å². The molecule has 0 fully saturated rings. The molecular weight excluding hydrogens is 393 g/mol. The SMILES string of the molecule is COc1ccc(OC)c(/C=N\NC(=O)CC(=O)Nc2ccc(Cl)c(Cl)c2)c1. The maximum Gasteiger partial charge on any atom is 0.249 e. The Bertz CT molecular complexity index is 872. The standard InChI is InChI=1S/C18H17Cl2N3O4/c1-26-13-4-6-16(27-2)11(7-13)10-21-23-18(25)9-17(24)22-12-3-5-14(19)15(20)8-12/h3-8,10H,9H2,1-2H3,(H,22,24)(H,23,25)/b21-10-. The van der Waals surface area contributed by atoms with Crippen molar-refractivity contribution < 1.29 is 19.1 Å². The quantitative estimate of drug-likeness (QED) is 0.416. The molecule has 0 saturated heterocycles. The van der Waals surface area contributed by atoms with Crippen LogP contribution in [0.15, 0.2) is 41.5 Å². The van der Waals surface area contributed by atoms with E-state index in [1.54, 1.807) is 30.3 Å². The van der Waals surface area contributed by atoms with Crippen LogP contribution in [0.3, 0.4) is 0 Å². The highest BCUT2D eigenvalue weighted by Crippen LogP contribution is 2.25. The fraction of sp³-hybridized carbons (Fsp3) is 0.167. The lowest BCUT2D eigenvalue weighted by molar-refractivity contribution is -0.126. The first-order valence-corrected chi connectivity index (χ1v) is 8.47. The molecule has 0 aliphatic carbocycles. The lowest BCUT2D eigenvalue weighted by atomic mass is 10.2. The summed E-state index contributed by atoms with van der Waals surface area (Å²) in [7, 11) is 3.06. The lowest BCUT2D eigenvalue weighted by Crippen LogP contribution is -2.24. The van der Waals surface area contributed by atoms with Gasteiger partial charge < -0.3 is 14.8 Å². The lowest BCUT2D eigenvalue weighted by Gasteiger charge is -2.07. The summed E-state index contributed by atoms with van der Waals surface area (Å²) in [5.41, 5.74) is 3.33. The molecule has 142 valence electrons. The Hall–Kier alpha value is -2.77. The first kappa shape index (κ1) is 20.5. The summed E-state index contributed by atoms with van der Waals surface area (Å²) in [5.74, 6) is 0.0847. The number of halogens is 2. The van der Waals surface area contributed by atoms with Gasteiger partial charge >= 0.3 is 0 Å². The molecular formula is C18H17Cl2N3O4. The number of ether oxygens (including phenoxy) is 2. The molecule has 2 aromatic rings. The van der Waals surface area contributed by atoms with Crippen molar-refractivity contribution in [1.82, 2.24) is 5.43 Å². The van der Waals surface area contributed by atoms with E-state index in [4.69, 9.17) is 32.7 Å². The molecule has 27 heavy (non-hydrogen) atoms. The molecule has 2 aromatic carbocycles. The van der Waals surface area contributed by atoms with E-state index in [-0.39, 0.29) is 0 Å². The Balaban J connectivity index is 1.91. The molecule has 0 spiro atoms. The third kappa shape index (κ3) is 6.16. The van der Waals surface area contributed by atoms with Crippen molar-refractivity contribution in [2.45, 2.75) is 6.42 Å². The molecule has 9 heteroatoms. The molecule has 2 N–H and O–H groups in total. The molecule has 0 radical (unpaired) electrons. The minimum atomic E-state index is -0.578. The predicted octanol–water partition coefficient (Wildman–Crippen LogP) is 3.49. The van der Waals surface area contributed by atoms with Crippen molar-refractivity contribution in [1.29, 1.82) is 0 Å². The summed E-state index contributed by atoms with van der Waals surface area (Å²) in [4.78, 5) is 23.7. The van der Waals surface area contributed by atoms with Crippen LogP contribution < -0.4 is 20.2 Å². The van der Waals surface area contributed by atoms with Crippen LogP contribution in [0.4, 0.5) is 5.69 Å². The van der Waals surface area contributed by atoms with Crippen molar-refractivity contribution in [3.63, 3.8) is 0 Å². The van der Waals surface area contributed by atoms with Crippen molar-refractivity contribution >= 4 is 46.9 Å². The Morgan fingerprint density at radius 2 is 1.81 bits per heavy atom. The summed E-state index contributed by atoms with van der Waals surface area (Å²) in [5, 5.41) is 7.06. The average Bonchev–Trinajstić information content (AvgIpc) is 2.64. The highest BCUT2D eigenvalue weighted by Gasteiger charge is 2.10. The van der Waals surface area contributed by atoms with Gasteiger partial charge in [-0.25, -0.2) is 5.43 Å². The van der Waals surface area contributed by atoms with E-state index >= 15 is 0 Å². The second kappa shape index (κ2) is 9.80. The minimum Gasteiger partial charge on any atom is -0.497 e. The van der Waals surface area contributed by atoms with E-state index in [0.29, 0.717) is 32.8 Å². The first-order chi connectivity index (χ1) is 12.9. The summed E-state index contributed by atoms with van der Waals surface area (Å²) < 4.78 is 10.3. The first-order valence-electron chi connectivity index (χ1n) is 7.71. The number of methoxy groups -OCH3 is 2. The van der Waals surface area contributed by atoms with Crippen LogP contribution in [0.25, 0.3) is 0 Å². The van der Waals surface area contributed by atoms with Crippen LogP contribution in [-0.4, -0.2) is 32.2 Å². The average molecular weight is 410 g/mol. The van der Waals surface area contributed by atoms with Crippen molar-refractivity contribution in [3.05, 3.63) is 52.0 Å². The number of benzene rings is 2. The van der Waals surface area contributed by atoms with Crippen LogP contribution in [0.5, 0.6) is 11.5 Å². The van der Waals surface area contributed by atoms with Gasteiger partial charge in [-0.05, 0) is 36.4 Å². The van der Waals surface area contributed by atoms with Crippen LogP contribution in [-0.2, 0) is 9.59 Å². The zero-order valence-electron chi connectivity index (χ0n) is 14.6. The van der Waals surface area contributed by atoms with Crippen LogP contribution in [0, 0.1) is 0 Å². The highest BCUT2D eigenvalue weighted by atomic mass is 35.5. The van der Waals surface area contributed by atoms with Gasteiger partial charge in [0.05, 0.1) is 30.5 Å². The maximum absolute atomic E-state index is 11.9. The Morgan fingerprint density at radius 1 is 1.04 bits per heavy atom. The topological polar surface area (TPSA) is 89.0 Å². The van der Waals surface area contributed by atoms with Gasteiger partial charge in [-0.15, -0.1) is 0 Å². The van der Waals surface area contributed by atoms with E-state index in [2.05, 4.69) is 15.8 Å². The number of hydrogen-bond donors (Lipinski definition) is 2. The molecule has 7 nitrogen and oxygen atoms in total. The zero-order chi connectivity index (χ0) is 19.8. The largest absolute Gasteiger partial charge is 0.497 e. The molecule has 0 saturated carbocycles. The van der Waals surface area contributed by atoms with E-state index in [0.717, 1.165) is 0 Å². The number of hydrogen-bond acceptors (Lipinski definition) is 5. The number of carbonyl (C=O) groups is 2. The maximum atomic E-state index is 11.9. The van der Waals surface area contributed by atoms with Crippen molar-refractivity contribution in [2.75, 3.05) is 19.5 Å². The fourth-order valence-corrected chi connectivity index (χ4v) is 2.38. The Morgan fingerprint density at radius 3 is 2.48 bits per heavy atom. The van der Waals surface area contributed by atoms with Crippen LogP contribution in [0.2, 0.25) is 10.0 Å². The molecule has 2 rings (SSSR count). The van der Waals surface area contributed by atoms with Crippen molar-refractivity contribution in [2.24, 2.45) is 5.10 Å². The van der Waals surface area contributed by atoms with Crippen LogP contribution in [0.1, 0.15) is 12.0 Å². The monoisotopic (exact) mass is 409 g/mol. The molecule has 0 atom stereocenters.